The molecule has 5 nitrogen and oxygen atoms in total. The molecule has 1 rings (SSSR count). The number of nitrogens with two attached hydrogens (primary N) is 1. The maximum Gasteiger partial charge on any atom is 0.253 e. The predicted molar refractivity (Wildman–Crippen MR) is 49.2 cm³/mol. The van der Waals surface area contributed by atoms with Crippen LogP contribution < -0.4 is 5.73 Å². The Labute approximate surface area is 78.7 Å². The molecule has 0 aromatic carbocycles. The van der Waals surface area contributed by atoms with Gasteiger partial charge in [0.1, 0.15) is 0 Å². The molecule has 0 amide bonds. The first-order chi connectivity index (χ1) is 5.47. The molecule has 0 bridgehead atoms. The molecule has 68 valence electrons. The highest BCUT2D eigenvalue weighted by molar-refractivity contribution is 9.10. The molecular formula is C5H8BrN3O2S. The third kappa shape index (κ3) is 1.61. The molecule has 0 radical (unpaired) electrons. The Morgan fingerprint density at radius 2 is 2.33 bits per heavy atom. The van der Waals surface area contributed by atoms with Crippen molar-refractivity contribution in [3.63, 3.8) is 0 Å². The molecule has 0 aliphatic heterocycles. The van der Waals surface area contributed by atoms with Gasteiger partial charge in [-0.3, -0.25) is 0 Å². The SMILES string of the molecule is CCS(=O)(=O)n1cc(Br)c(N)n1. The van der Waals surface area contributed by atoms with E-state index in [-0.39, 0.29) is 11.6 Å². The van der Waals surface area contributed by atoms with Crippen molar-refractivity contribution in [2.45, 2.75) is 6.92 Å². The zero-order valence-corrected chi connectivity index (χ0v) is 8.76. The largest absolute Gasteiger partial charge is 0.381 e. The number of nitrogen functional groups attached to an aromatic ring is 1. The highest BCUT2D eigenvalue weighted by Crippen LogP contribution is 2.17. The van der Waals surface area contributed by atoms with Gasteiger partial charge in [0.15, 0.2) is 5.82 Å². The minimum Gasteiger partial charge on any atom is -0.381 e. The zero-order chi connectivity index (χ0) is 9.35. The maximum atomic E-state index is 11.2. The fourth-order valence-electron chi connectivity index (χ4n) is 0.621. The van der Waals surface area contributed by atoms with Gasteiger partial charge >= 0.3 is 0 Å². The number of nitrogens with zero attached hydrogens (tertiary/aromatic N) is 2. The fraction of sp³-hybridized carbons (Fsp3) is 0.400. The van der Waals surface area contributed by atoms with Crippen LogP contribution in [-0.2, 0) is 10.0 Å². The Morgan fingerprint density at radius 1 is 1.75 bits per heavy atom. The van der Waals surface area contributed by atoms with Crippen LogP contribution in [0.1, 0.15) is 6.92 Å². The van der Waals surface area contributed by atoms with Crippen LogP contribution in [0.5, 0.6) is 0 Å². The lowest BCUT2D eigenvalue weighted by molar-refractivity contribution is 0.581. The Bertz CT molecular complexity index is 364. The summed E-state index contributed by atoms with van der Waals surface area (Å²) in [5, 5.41) is 3.61. The van der Waals surface area contributed by atoms with Gasteiger partial charge in [0.2, 0.25) is 0 Å². The molecule has 0 spiro atoms. The van der Waals surface area contributed by atoms with Crippen molar-refractivity contribution < 1.29 is 8.42 Å². The van der Waals surface area contributed by atoms with Crippen LogP contribution in [0.2, 0.25) is 0 Å². The third-order valence-electron chi connectivity index (χ3n) is 1.32. The standard InChI is InChI=1S/C5H8BrN3O2S/c1-2-12(10,11)9-3-4(6)5(7)8-9/h3H,2H2,1H3,(H2,7,8). The second-order valence-electron chi connectivity index (χ2n) is 2.14. The molecule has 0 aliphatic carbocycles. The maximum absolute atomic E-state index is 11.2. The number of halogens is 1. The van der Waals surface area contributed by atoms with Gasteiger partial charge in [0.05, 0.1) is 16.4 Å². The molecule has 1 aromatic heterocycles. The zero-order valence-electron chi connectivity index (χ0n) is 6.36. The monoisotopic (exact) mass is 253 g/mol. The molecule has 0 saturated heterocycles. The van der Waals surface area contributed by atoms with Crippen LogP contribution >= 0.6 is 15.9 Å². The van der Waals surface area contributed by atoms with Crippen molar-refractivity contribution in [3.8, 4) is 0 Å². The van der Waals surface area contributed by atoms with Gasteiger partial charge < -0.3 is 5.73 Å². The minimum absolute atomic E-state index is 0.000556. The van der Waals surface area contributed by atoms with E-state index in [4.69, 9.17) is 5.73 Å². The summed E-state index contributed by atoms with van der Waals surface area (Å²) in [6.45, 7) is 1.54. The van der Waals surface area contributed by atoms with E-state index in [0.29, 0.717) is 4.47 Å². The number of rotatable bonds is 2. The topological polar surface area (TPSA) is 78.0 Å². The molecule has 0 fully saturated rings. The fourth-order valence-corrected chi connectivity index (χ4v) is 1.77. The van der Waals surface area contributed by atoms with Crippen LogP contribution in [0, 0.1) is 0 Å². The van der Waals surface area contributed by atoms with Crippen molar-refractivity contribution in [2.24, 2.45) is 0 Å². The molecule has 0 saturated carbocycles. The molecule has 0 aliphatic rings. The van der Waals surface area contributed by atoms with E-state index >= 15 is 0 Å². The molecule has 7 heteroatoms. The highest BCUT2D eigenvalue weighted by Gasteiger charge is 2.13. The van der Waals surface area contributed by atoms with Crippen molar-refractivity contribution in [1.29, 1.82) is 0 Å². The van der Waals surface area contributed by atoms with Gasteiger partial charge in [0, 0.05) is 0 Å². The Hall–Kier alpha value is -0.560. The smallest absolute Gasteiger partial charge is 0.253 e. The van der Waals surface area contributed by atoms with E-state index in [1.54, 1.807) is 6.92 Å². The number of hydrogen-bond acceptors (Lipinski definition) is 4. The van der Waals surface area contributed by atoms with Gasteiger partial charge in [-0.1, -0.05) is 0 Å². The molecule has 1 heterocycles. The Morgan fingerprint density at radius 3 is 2.67 bits per heavy atom. The van der Waals surface area contributed by atoms with Crippen LogP contribution in [-0.4, -0.2) is 23.4 Å². The van der Waals surface area contributed by atoms with Gasteiger partial charge in [-0.05, 0) is 22.9 Å². The first-order valence-corrected chi connectivity index (χ1v) is 5.61. The summed E-state index contributed by atoms with van der Waals surface area (Å²) >= 11 is 3.06. The number of anilines is 1. The first-order valence-electron chi connectivity index (χ1n) is 3.21. The van der Waals surface area contributed by atoms with E-state index < -0.39 is 10.0 Å². The summed E-state index contributed by atoms with van der Waals surface area (Å²) in [6, 6.07) is 0. The minimum atomic E-state index is -3.30. The summed E-state index contributed by atoms with van der Waals surface area (Å²) in [7, 11) is -3.30. The lowest BCUT2D eigenvalue weighted by Gasteiger charge is -1.97. The average molecular weight is 254 g/mol. The highest BCUT2D eigenvalue weighted by atomic mass is 79.9. The molecule has 12 heavy (non-hydrogen) atoms. The molecule has 1 aromatic rings. The summed E-state index contributed by atoms with van der Waals surface area (Å²) < 4.78 is 23.7. The van der Waals surface area contributed by atoms with Crippen molar-refractivity contribution >= 4 is 31.8 Å². The summed E-state index contributed by atoms with van der Waals surface area (Å²) in [5.74, 6) is 0.174. The van der Waals surface area contributed by atoms with Crippen molar-refractivity contribution in [3.05, 3.63) is 10.7 Å². The molecular weight excluding hydrogens is 246 g/mol. The van der Waals surface area contributed by atoms with Gasteiger partial charge in [-0.15, -0.1) is 5.10 Å². The van der Waals surface area contributed by atoms with Crippen LogP contribution in [0.15, 0.2) is 10.7 Å². The quantitative estimate of drug-likeness (QED) is 0.829. The normalized spacial score (nSPS) is 11.8. The van der Waals surface area contributed by atoms with Crippen molar-refractivity contribution in [2.75, 3.05) is 11.5 Å². The van der Waals surface area contributed by atoms with Crippen LogP contribution in [0.25, 0.3) is 0 Å². The number of hydrogen-bond donors (Lipinski definition) is 1. The van der Waals surface area contributed by atoms with E-state index in [1.165, 1.54) is 6.20 Å². The average Bonchev–Trinajstić information content (AvgIpc) is 2.33. The summed E-state index contributed by atoms with van der Waals surface area (Å²) in [6.07, 6.45) is 1.33. The van der Waals surface area contributed by atoms with E-state index in [2.05, 4.69) is 21.0 Å². The van der Waals surface area contributed by atoms with Gasteiger partial charge in [-0.2, -0.15) is 4.09 Å². The second-order valence-corrected chi connectivity index (χ2v) is 5.11. The van der Waals surface area contributed by atoms with Crippen LogP contribution in [0.4, 0.5) is 5.82 Å². The van der Waals surface area contributed by atoms with Crippen molar-refractivity contribution in [1.82, 2.24) is 9.19 Å². The second kappa shape index (κ2) is 3.06. The van der Waals surface area contributed by atoms with Crippen LogP contribution in [0.3, 0.4) is 0 Å². The lowest BCUT2D eigenvalue weighted by Crippen LogP contribution is -2.15. The molecule has 2 N–H and O–H groups in total. The van der Waals surface area contributed by atoms with Gasteiger partial charge in [-0.25, -0.2) is 8.42 Å². The lowest BCUT2D eigenvalue weighted by atomic mass is 10.7. The molecule has 0 atom stereocenters. The molecule has 0 unspecified atom stereocenters. The summed E-state index contributed by atoms with van der Waals surface area (Å²) in [4.78, 5) is 0. The van der Waals surface area contributed by atoms with E-state index in [1.807, 2.05) is 0 Å². The van der Waals surface area contributed by atoms with E-state index in [9.17, 15) is 8.42 Å². The first kappa shape index (κ1) is 9.53. The number of aromatic nitrogens is 2. The Kier molecular flexibility index (Phi) is 2.43. The summed E-state index contributed by atoms with van der Waals surface area (Å²) in [5.41, 5.74) is 5.35. The Balaban J connectivity index is 3.22. The van der Waals surface area contributed by atoms with Gasteiger partial charge in [0.25, 0.3) is 10.0 Å². The third-order valence-corrected chi connectivity index (χ3v) is 3.42. The van der Waals surface area contributed by atoms with E-state index in [0.717, 1.165) is 4.09 Å². The predicted octanol–water partition coefficient (Wildman–Crippen LogP) is 0.426.